The van der Waals surface area contributed by atoms with Gasteiger partial charge in [0.25, 0.3) is 5.91 Å². The van der Waals surface area contributed by atoms with Gasteiger partial charge in [-0.3, -0.25) is 9.78 Å². The molecule has 0 atom stereocenters. The molecule has 0 saturated heterocycles. The Morgan fingerprint density at radius 1 is 1.40 bits per heavy atom. The summed E-state index contributed by atoms with van der Waals surface area (Å²) >= 11 is 6.14. The summed E-state index contributed by atoms with van der Waals surface area (Å²) < 4.78 is 5.09. The van der Waals surface area contributed by atoms with Crippen molar-refractivity contribution in [1.82, 2.24) is 10.3 Å². The van der Waals surface area contributed by atoms with Crippen molar-refractivity contribution in [2.45, 2.75) is 6.42 Å². The fraction of sp³-hybridized carbons (Fsp3) is 0.200. The lowest BCUT2D eigenvalue weighted by Crippen LogP contribution is -2.25. The van der Waals surface area contributed by atoms with Gasteiger partial charge in [-0.05, 0) is 36.2 Å². The predicted molar refractivity (Wildman–Crippen MR) is 78.3 cm³/mol. The van der Waals surface area contributed by atoms with Gasteiger partial charge >= 0.3 is 0 Å². The van der Waals surface area contributed by atoms with Gasteiger partial charge in [-0.1, -0.05) is 17.7 Å². The molecule has 1 amide bonds. The highest BCUT2D eigenvalue weighted by molar-refractivity contribution is 6.31. The number of hydrogen-bond acceptors (Lipinski definition) is 3. The van der Waals surface area contributed by atoms with Crippen LogP contribution in [0.2, 0.25) is 5.02 Å². The zero-order chi connectivity index (χ0) is 14.4. The van der Waals surface area contributed by atoms with E-state index in [-0.39, 0.29) is 5.91 Å². The Morgan fingerprint density at radius 3 is 2.90 bits per heavy atom. The van der Waals surface area contributed by atoms with Gasteiger partial charge in [0.1, 0.15) is 5.75 Å². The summed E-state index contributed by atoms with van der Waals surface area (Å²) in [6.45, 7) is 0.514. The summed E-state index contributed by atoms with van der Waals surface area (Å²) in [5.41, 5.74) is 1.52. The van der Waals surface area contributed by atoms with Crippen LogP contribution in [0.15, 0.2) is 42.7 Å². The molecule has 0 spiro atoms. The quantitative estimate of drug-likeness (QED) is 0.921. The van der Waals surface area contributed by atoms with Crippen LogP contribution >= 0.6 is 11.6 Å². The number of ether oxygens (including phenoxy) is 1. The first-order valence-corrected chi connectivity index (χ1v) is 6.59. The van der Waals surface area contributed by atoms with Crippen LogP contribution < -0.4 is 10.1 Å². The van der Waals surface area contributed by atoms with Crippen LogP contribution in [-0.4, -0.2) is 24.5 Å². The molecule has 0 aliphatic carbocycles. The number of aromatic nitrogens is 1. The maximum atomic E-state index is 11.8. The minimum Gasteiger partial charge on any atom is -0.497 e. The number of hydrogen-bond donors (Lipinski definition) is 1. The molecule has 0 fully saturated rings. The van der Waals surface area contributed by atoms with Crippen LogP contribution in [0, 0.1) is 0 Å². The Balaban J connectivity index is 1.89. The number of nitrogens with one attached hydrogen (secondary N) is 1. The first-order valence-electron chi connectivity index (χ1n) is 6.21. The molecular formula is C15H15ClN2O2. The Labute approximate surface area is 122 Å². The van der Waals surface area contributed by atoms with E-state index in [9.17, 15) is 4.79 Å². The monoisotopic (exact) mass is 290 g/mol. The fourth-order valence-corrected chi connectivity index (χ4v) is 2.03. The molecular weight excluding hydrogens is 276 g/mol. The molecule has 2 rings (SSSR count). The van der Waals surface area contributed by atoms with Crippen LogP contribution in [0.4, 0.5) is 0 Å². The molecule has 104 valence electrons. The van der Waals surface area contributed by atoms with E-state index in [2.05, 4.69) is 10.3 Å². The van der Waals surface area contributed by atoms with Gasteiger partial charge in [0, 0.05) is 24.0 Å². The second-order valence-corrected chi connectivity index (χ2v) is 4.61. The molecule has 0 bridgehead atoms. The number of benzene rings is 1. The Kier molecular flexibility index (Phi) is 4.96. The molecule has 0 aliphatic rings. The van der Waals surface area contributed by atoms with Crippen molar-refractivity contribution >= 4 is 17.5 Å². The number of amides is 1. The van der Waals surface area contributed by atoms with E-state index in [0.29, 0.717) is 23.6 Å². The van der Waals surface area contributed by atoms with E-state index in [1.165, 1.54) is 6.20 Å². The maximum Gasteiger partial charge on any atom is 0.252 e. The maximum absolute atomic E-state index is 11.8. The molecule has 0 unspecified atom stereocenters. The van der Waals surface area contributed by atoms with Crippen molar-refractivity contribution in [3.63, 3.8) is 0 Å². The smallest absolute Gasteiger partial charge is 0.252 e. The summed E-state index contributed by atoms with van der Waals surface area (Å²) in [6, 6.07) is 8.97. The van der Waals surface area contributed by atoms with Gasteiger partial charge in [-0.15, -0.1) is 0 Å². The van der Waals surface area contributed by atoms with Gasteiger partial charge in [0.2, 0.25) is 0 Å². The molecule has 1 N–H and O–H groups in total. The zero-order valence-electron chi connectivity index (χ0n) is 11.1. The predicted octanol–water partition coefficient (Wildman–Crippen LogP) is 2.72. The molecule has 0 saturated carbocycles. The number of methoxy groups -OCH3 is 1. The fourth-order valence-electron chi connectivity index (χ4n) is 1.77. The summed E-state index contributed by atoms with van der Waals surface area (Å²) in [5, 5.41) is 3.47. The van der Waals surface area contributed by atoms with Crippen LogP contribution in [-0.2, 0) is 6.42 Å². The number of rotatable bonds is 5. The van der Waals surface area contributed by atoms with Crippen LogP contribution in [0.25, 0.3) is 0 Å². The Hall–Kier alpha value is -2.07. The molecule has 4 nitrogen and oxygen atoms in total. The molecule has 2 aromatic rings. The number of pyridine rings is 1. The third-order valence-corrected chi connectivity index (χ3v) is 3.22. The second kappa shape index (κ2) is 6.91. The Morgan fingerprint density at radius 2 is 2.25 bits per heavy atom. The molecule has 1 aromatic heterocycles. The lowest BCUT2D eigenvalue weighted by Gasteiger charge is -2.08. The standard InChI is InChI=1S/C15H15ClN2O2/c1-20-13-5-4-11(14(16)9-13)6-8-18-15(19)12-3-2-7-17-10-12/h2-5,7,9-10H,6,8H2,1H3,(H,18,19). The topological polar surface area (TPSA) is 51.2 Å². The number of halogens is 1. The zero-order valence-corrected chi connectivity index (χ0v) is 11.9. The molecule has 1 aromatic carbocycles. The van der Waals surface area contributed by atoms with Crippen LogP contribution in [0.3, 0.4) is 0 Å². The van der Waals surface area contributed by atoms with Crippen LogP contribution in [0.1, 0.15) is 15.9 Å². The first kappa shape index (κ1) is 14.3. The van der Waals surface area contributed by atoms with Crippen molar-refractivity contribution in [1.29, 1.82) is 0 Å². The van der Waals surface area contributed by atoms with Gasteiger partial charge in [-0.25, -0.2) is 0 Å². The van der Waals surface area contributed by atoms with E-state index >= 15 is 0 Å². The molecule has 0 radical (unpaired) electrons. The number of carbonyl (C=O) groups excluding carboxylic acids is 1. The lowest BCUT2D eigenvalue weighted by atomic mass is 10.1. The van der Waals surface area contributed by atoms with E-state index in [4.69, 9.17) is 16.3 Å². The molecule has 20 heavy (non-hydrogen) atoms. The van der Waals surface area contributed by atoms with Gasteiger partial charge < -0.3 is 10.1 Å². The highest BCUT2D eigenvalue weighted by Gasteiger charge is 2.06. The number of nitrogens with zero attached hydrogens (tertiary/aromatic N) is 1. The van der Waals surface area contributed by atoms with E-state index in [1.54, 1.807) is 31.5 Å². The second-order valence-electron chi connectivity index (χ2n) is 4.20. The summed E-state index contributed by atoms with van der Waals surface area (Å²) in [5.74, 6) is 0.584. The van der Waals surface area contributed by atoms with Gasteiger partial charge in [0.15, 0.2) is 0 Å². The normalized spacial score (nSPS) is 10.1. The highest BCUT2D eigenvalue weighted by atomic mass is 35.5. The van der Waals surface area contributed by atoms with E-state index < -0.39 is 0 Å². The Bertz CT molecular complexity index is 588. The number of carbonyl (C=O) groups is 1. The average molecular weight is 291 g/mol. The summed E-state index contributed by atoms with van der Waals surface area (Å²) in [6.07, 6.45) is 3.83. The molecule has 5 heteroatoms. The van der Waals surface area contributed by atoms with Crippen molar-refractivity contribution in [2.24, 2.45) is 0 Å². The summed E-state index contributed by atoms with van der Waals surface area (Å²) in [4.78, 5) is 15.7. The molecule has 1 heterocycles. The lowest BCUT2D eigenvalue weighted by molar-refractivity contribution is 0.0954. The van der Waals surface area contributed by atoms with Crippen molar-refractivity contribution < 1.29 is 9.53 Å². The third-order valence-electron chi connectivity index (χ3n) is 2.86. The summed E-state index contributed by atoms with van der Waals surface area (Å²) in [7, 11) is 1.60. The van der Waals surface area contributed by atoms with Crippen molar-refractivity contribution in [3.05, 3.63) is 58.9 Å². The van der Waals surface area contributed by atoms with E-state index in [1.807, 2.05) is 12.1 Å². The largest absolute Gasteiger partial charge is 0.497 e. The van der Waals surface area contributed by atoms with Crippen LogP contribution in [0.5, 0.6) is 5.75 Å². The van der Waals surface area contributed by atoms with E-state index in [0.717, 1.165) is 11.3 Å². The molecule has 0 aliphatic heterocycles. The highest BCUT2D eigenvalue weighted by Crippen LogP contribution is 2.22. The van der Waals surface area contributed by atoms with Gasteiger partial charge in [-0.2, -0.15) is 0 Å². The van der Waals surface area contributed by atoms with Crippen molar-refractivity contribution in [3.8, 4) is 5.75 Å². The van der Waals surface area contributed by atoms with Crippen molar-refractivity contribution in [2.75, 3.05) is 13.7 Å². The van der Waals surface area contributed by atoms with Gasteiger partial charge in [0.05, 0.1) is 12.7 Å². The third kappa shape index (κ3) is 3.71. The SMILES string of the molecule is COc1ccc(CCNC(=O)c2cccnc2)c(Cl)c1. The average Bonchev–Trinajstić information content (AvgIpc) is 2.49. The first-order chi connectivity index (χ1) is 9.70. The minimum atomic E-state index is -0.136. The minimum absolute atomic E-state index is 0.136.